The summed E-state index contributed by atoms with van der Waals surface area (Å²) in [5, 5.41) is 24.2. The van der Waals surface area contributed by atoms with Gasteiger partial charge >= 0.3 is 0 Å². The number of carbonyl (C=O) groups excluding carboxylic acids is 1. The van der Waals surface area contributed by atoms with E-state index in [-0.39, 0.29) is 11.1 Å². The molecule has 0 bridgehead atoms. The van der Waals surface area contributed by atoms with Gasteiger partial charge in [-0.05, 0) is 48.7 Å². The minimum Gasteiger partial charge on any atom is -0.497 e. The Morgan fingerprint density at radius 3 is 2.35 bits per heavy atom. The molecule has 1 heterocycles. The molecule has 3 aromatic rings. The molecular formula is C24H20N4O3. The molecular weight excluding hydrogens is 392 g/mol. The fraction of sp³-hybridized carbons (Fsp3) is 0.167. The zero-order chi connectivity index (χ0) is 22.5. The number of ether oxygens (including phenoxy) is 1. The highest BCUT2D eigenvalue weighted by Crippen LogP contribution is 2.28. The number of hydrogen-bond donors (Lipinski definition) is 2. The smallest absolute Gasteiger partial charge is 0.275 e. The minimum atomic E-state index is -1.34. The predicted molar refractivity (Wildman–Crippen MR) is 116 cm³/mol. The van der Waals surface area contributed by atoms with E-state index in [1.165, 1.54) is 13.2 Å². The number of aromatic amines is 2. The van der Waals surface area contributed by atoms with Gasteiger partial charge in [0.1, 0.15) is 11.3 Å². The summed E-state index contributed by atoms with van der Waals surface area (Å²) in [6, 6.07) is 16.0. The van der Waals surface area contributed by atoms with Crippen molar-refractivity contribution in [1.82, 2.24) is 10.2 Å². The first-order valence-electron chi connectivity index (χ1n) is 9.48. The van der Waals surface area contributed by atoms with Crippen LogP contribution in [0.2, 0.25) is 0 Å². The van der Waals surface area contributed by atoms with Gasteiger partial charge in [0.25, 0.3) is 5.56 Å². The third-order valence-electron chi connectivity index (χ3n) is 5.15. The fourth-order valence-electron chi connectivity index (χ4n) is 3.27. The van der Waals surface area contributed by atoms with Gasteiger partial charge in [-0.1, -0.05) is 30.3 Å². The molecule has 0 amide bonds. The zero-order valence-corrected chi connectivity index (χ0v) is 17.3. The number of allylic oxidation sites excluding steroid dienone is 1. The van der Waals surface area contributed by atoms with Crippen molar-refractivity contribution in [3.8, 4) is 29.1 Å². The van der Waals surface area contributed by atoms with Gasteiger partial charge in [0.15, 0.2) is 11.7 Å². The van der Waals surface area contributed by atoms with E-state index >= 15 is 0 Å². The summed E-state index contributed by atoms with van der Waals surface area (Å²) in [7, 11) is 1.54. The van der Waals surface area contributed by atoms with Gasteiger partial charge in [0, 0.05) is 11.1 Å². The van der Waals surface area contributed by atoms with Crippen molar-refractivity contribution in [2.75, 3.05) is 7.11 Å². The number of carbonyl (C=O) groups is 1. The summed E-state index contributed by atoms with van der Waals surface area (Å²) >= 11 is 0. The number of nitrogens with one attached hydrogen (secondary N) is 2. The van der Waals surface area contributed by atoms with E-state index in [1.54, 1.807) is 30.3 Å². The van der Waals surface area contributed by atoms with Gasteiger partial charge in [0.2, 0.25) is 0 Å². The second kappa shape index (κ2) is 8.98. The number of aryl methyl sites for hydroxylation is 1. The Hall–Kier alpha value is -4.36. The molecule has 0 fully saturated rings. The topological polar surface area (TPSA) is 123 Å². The summed E-state index contributed by atoms with van der Waals surface area (Å²) in [6.45, 7) is 3.83. The lowest BCUT2D eigenvalue weighted by atomic mass is 9.89. The van der Waals surface area contributed by atoms with Crippen molar-refractivity contribution >= 4 is 11.9 Å². The van der Waals surface area contributed by atoms with Crippen molar-refractivity contribution in [2.45, 2.75) is 13.8 Å². The van der Waals surface area contributed by atoms with Crippen LogP contribution >= 0.6 is 0 Å². The van der Waals surface area contributed by atoms with E-state index < -0.39 is 17.3 Å². The van der Waals surface area contributed by atoms with Crippen LogP contribution in [-0.4, -0.2) is 23.1 Å². The molecule has 7 heteroatoms. The van der Waals surface area contributed by atoms with Crippen LogP contribution in [0.5, 0.6) is 5.75 Å². The summed E-state index contributed by atoms with van der Waals surface area (Å²) < 4.78 is 5.13. The van der Waals surface area contributed by atoms with E-state index in [9.17, 15) is 20.1 Å². The summed E-state index contributed by atoms with van der Waals surface area (Å²) in [4.78, 5) is 26.0. The van der Waals surface area contributed by atoms with Gasteiger partial charge in [-0.25, -0.2) is 0 Å². The minimum absolute atomic E-state index is 0.0770. The number of nitriles is 2. The highest BCUT2D eigenvalue weighted by Gasteiger charge is 2.28. The number of ketones is 1. The van der Waals surface area contributed by atoms with E-state index in [2.05, 4.69) is 10.2 Å². The van der Waals surface area contributed by atoms with Crippen molar-refractivity contribution in [2.24, 2.45) is 5.92 Å². The Morgan fingerprint density at radius 1 is 1.06 bits per heavy atom. The fourth-order valence-corrected chi connectivity index (χ4v) is 3.27. The van der Waals surface area contributed by atoms with Crippen LogP contribution in [0.1, 0.15) is 27.0 Å². The first-order valence-corrected chi connectivity index (χ1v) is 9.48. The molecule has 0 aliphatic carbocycles. The molecule has 7 nitrogen and oxygen atoms in total. The van der Waals surface area contributed by atoms with Crippen molar-refractivity contribution in [1.29, 1.82) is 10.5 Å². The Kier molecular flexibility index (Phi) is 6.18. The maximum atomic E-state index is 13.5. The van der Waals surface area contributed by atoms with Crippen LogP contribution < -0.4 is 10.3 Å². The standard InChI is InChI=1S/C24H20N4O3/c1-14-5-4-6-19(15(14)2)22-21(24(30)28-27-22)23(29)20(17(12-25)13-26)11-16-7-9-18(31-3)10-8-16/h4-11,17H,1-3H3,(H2,27,28,30)/b20-11+. The van der Waals surface area contributed by atoms with Crippen molar-refractivity contribution in [3.63, 3.8) is 0 Å². The van der Waals surface area contributed by atoms with Gasteiger partial charge in [-0.3, -0.25) is 19.8 Å². The number of methoxy groups -OCH3 is 1. The average molecular weight is 412 g/mol. The number of Topliss-reactive ketones (excluding diaryl/α,β-unsaturated/α-hetero) is 1. The lowest BCUT2D eigenvalue weighted by Crippen LogP contribution is -2.19. The zero-order valence-electron chi connectivity index (χ0n) is 17.3. The Bertz CT molecular complexity index is 1280. The van der Waals surface area contributed by atoms with E-state index in [1.807, 2.05) is 38.1 Å². The molecule has 0 aliphatic rings. The second-order valence-corrected chi connectivity index (χ2v) is 6.97. The van der Waals surface area contributed by atoms with Gasteiger partial charge in [-0.15, -0.1) is 0 Å². The molecule has 0 saturated heterocycles. The number of benzene rings is 2. The van der Waals surface area contributed by atoms with E-state index in [0.29, 0.717) is 22.6 Å². The maximum Gasteiger partial charge on any atom is 0.275 e. The first-order chi connectivity index (χ1) is 14.9. The van der Waals surface area contributed by atoms with Gasteiger partial charge < -0.3 is 4.74 Å². The highest BCUT2D eigenvalue weighted by molar-refractivity contribution is 6.15. The molecule has 2 aromatic carbocycles. The molecule has 3 rings (SSSR count). The molecule has 0 saturated carbocycles. The van der Waals surface area contributed by atoms with Crippen molar-refractivity contribution in [3.05, 3.63) is 80.6 Å². The lowest BCUT2D eigenvalue weighted by molar-refractivity contribution is 0.103. The van der Waals surface area contributed by atoms with Gasteiger partial charge in [-0.2, -0.15) is 10.5 Å². The largest absolute Gasteiger partial charge is 0.497 e. The molecule has 0 spiro atoms. The summed E-state index contributed by atoms with van der Waals surface area (Å²) in [5.74, 6) is -1.39. The summed E-state index contributed by atoms with van der Waals surface area (Å²) in [6.07, 6.45) is 1.46. The van der Waals surface area contributed by atoms with Crippen molar-refractivity contribution < 1.29 is 9.53 Å². The molecule has 154 valence electrons. The third kappa shape index (κ3) is 4.17. The van der Waals surface area contributed by atoms with Crippen LogP contribution in [0.15, 0.2) is 52.8 Å². The molecule has 0 unspecified atom stereocenters. The van der Waals surface area contributed by atoms with E-state index in [4.69, 9.17) is 4.74 Å². The van der Waals surface area contributed by atoms with Crippen LogP contribution in [0.3, 0.4) is 0 Å². The van der Waals surface area contributed by atoms with Crippen LogP contribution in [0.25, 0.3) is 17.3 Å². The van der Waals surface area contributed by atoms with Crippen LogP contribution in [-0.2, 0) is 0 Å². The maximum absolute atomic E-state index is 13.5. The molecule has 2 N–H and O–H groups in total. The molecule has 0 radical (unpaired) electrons. The quantitative estimate of drug-likeness (QED) is 0.469. The number of nitrogens with zero attached hydrogens (tertiary/aromatic N) is 2. The first kappa shape index (κ1) is 21.4. The monoisotopic (exact) mass is 412 g/mol. The second-order valence-electron chi connectivity index (χ2n) is 6.97. The normalized spacial score (nSPS) is 11.1. The molecule has 31 heavy (non-hydrogen) atoms. The summed E-state index contributed by atoms with van der Waals surface area (Å²) in [5.41, 5.74) is 2.69. The Labute approximate surface area is 179 Å². The number of H-pyrrole nitrogens is 2. The third-order valence-corrected chi connectivity index (χ3v) is 5.15. The lowest BCUT2D eigenvalue weighted by Gasteiger charge is -2.10. The SMILES string of the molecule is COc1ccc(/C=C(/C(=O)c2c(-c3cccc(C)c3C)[nH][nH]c2=O)C(C#N)C#N)cc1. The number of aromatic nitrogens is 2. The van der Waals surface area contributed by atoms with E-state index in [0.717, 1.165) is 11.1 Å². The molecule has 0 atom stereocenters. The highest BCUT2D eigenvalue weighted by atomic mass is 16.5. The average Bonchev–Trinajstić information content (AvgIpc) is 3.16. The van der Waals surface area contributed by atoms with Crippen LogP contribution in [0, 0.1) is 42.4 Å². The number of rotatable bonds is 6. The van der Waals surface area contributed by atoms with Gasteiger partial charge in [0.05, 0.1) is 24.9 Å². The Balaban J connectivity index is 2.18. The molecule has 0 aliphatic heterocycles. The molecule has 1 aromatic heterocycles. The predicted octanol–water partition coefficient (Wildman–Crippen LogP) is 3.93. The van der Waals surface area contributed by atoms with Crippen LogP contribution in [0.4, 0.5) is 0 Å². The Morgan fingerprint density at radius 2 is 1.74 bits per heavy atom. The number of hydrogen-bond acceptors (Lipinski definition) is 5.